The number of carbonyl (C=O) groups excluding carboxylic acids is 1. The quantitative estimate of drug-likeness (QED) is 0.665. The molecule has 144 valence electrons. The van der Waals surface area contributed by atoms with Crippen LogP contribution in [0.25, 0.3) is 0 Å². The number of hydrogen-bond acceptors (Lipinski definition) is 3. The molecule has 2 N–H and O–H groups in total. The van der Waals surface area contributed by atoms with Gasteiger partial charge in [0.25, 0.3) is 15.9 Å². The maximum Gasteiger partial charge on any atom is 0.261 e. The third-order valence-corrected chi connectivity index (χ3v) is 5.61. The molecule has 0 saturated carbocycles. The Balaban J connectivity index is 1.90. The summed E-state index contributed by atoms with van der Waals surface area (Å²) in [6.45, 7) is 3.35. The Labute approximate surface area is 163 Å². The molecule has 0 aromatic heterocycles. The molecule has 3 aromatic rings. The summed E-state index contributed by atoms with van der Waals surface area (Å²) < 4.78 is 41.2. The second-order valence-electron chi connectivity index (χ2n) is 6.33. The highest BCUT2D eigenvalue weighted by Gasteiger charge is 2.19. The Morgan fingerprint density at radius 2 is 1.50 bits per heavy atom. The highest BCUT2D eigenvalue weighted by Crippen LogP contribution is 2.23. The molecule has 0 aliphatic heterocycles. The van der Waals surface area contributed by atoms with E-state index in [0.29, 0.717) is 5.69 Å². The Bertz CT molecular complexity index is 1140. The number of sulfonamides is 1. The van der Waals surface area contributed by atoms with Crippen LogP contribution >= 0.6 is 0 Å². The van der Waals surface area contributed by atoms with E-state index in [1.54, 1.807) is 24.3 Å². The number of para-hydroxylation sites is 2. The third-order valence-electron chi connectivity index (χ3n) is 4.25. The van der Waals surface area contributed by atoms with E-state index in [4.69, 9.17) is 0 Å². The standard InChI is InChI=1S/C21H19FN2O3S/c1-14-7-3-5-9-19(14)23-21(25)17-8-4-6-10-20(17)24-28(26,27)16-11-12-18(22)15(2)13-16/h3-13,24H,1-2H3,(H,23,25). The van der Waals surface area contributed by atoms with Gasteiger partial charge in [0.15, 0.2) is 0 Å². The Hall–Kier alpha value is -3.19. The molecule has 0 spiro atoms. The van der Waals surface area contributed by atoms with Crippen molar-refractivity contribution in [1.29, 1.82) is 0 Å². The first-order valence-electron chi connectivity index (χ1n) is 8.53. The number of rotatable bonds is 5. The van der Waals surface area contributed by atoms with E-state index < -0.39 is 21.7 Å². The third kappa shape index (κ3) is 4.20. The van der Waals surface area contributed by atoms with Crippen molar-refractivity contribution < 1.29 is 17.6 Å². The molecule has 0 aliphatic carbocycles. The number of aryl methyl sites for hydroxylation is 2. The molecule has 7 heteroatoms. The van der Waals surface area contributed by atoms with E-state index in [9.17, 15) is 17.6 Å². The SMILES string of the molecule is Cc1cc(S(=O)(=O)Nc2ccccc2C(=O)Nc2ccccc2C)ccc1F. The summed E-state index contributed by atoms with van der Waals surface area (Å²) in [5.74, 6) is -0.931. The second kappa shape index (κ2) is 7.82. The van der Waals surface area contributed by atoms with Gasteiger partial charge in [0, 0.05) is 5.69 Å². The summed E-state index contributed by atoms with van der Waals surface area (Å²) in [7, 11) is -3.99. The van der Waals surface area contributed by atoms with E-state index in [-0.39, 0.29) is 21.7 Å². The van der Waals surface area contributed by atoms with Crippen LogP contribution in [0.15, 0.2) is 71.6 Å². The maximum absolute atomic E-state index is 13.5. The molecular formula is C21H19FN2O3S. The molecule has 0 fully saturated rings. The van der Waals surface area contributed by atoms with Crippen molar-refractivity contribution in [2.45, 2.75) is 18.7 Å². The maximum atomic E-state index is 13.5. The first-order chi connectivity index (χ1) is 13.3. The molecule has 0 bridgehead atoms. The Kier molecular flexibility index (Phi) is 5.46. The fourth-order valence-corrected chi connectivity index (χ4v) is 3.83. The van der Waals surface area contributed by atoms with Crippen molar-refractivity contribution >= 4 is 27.3 Å². The molecule has 28 heavy (non-hydrogen) atoms. The lowest BCUT2D eigenvalue weighted by molar-refractivity contribution is 0.102. The Morgan fingerprint density at radius 3 is 2.18 bits per heavy atom. The smallest absolute Gasteiger partial charge is 0.261 e. The number of halogens is 1. The van der Waals surface area contributed by atoms with Crippen LogP contribution in [0.3, 0.4) is 0 Å². The topological polar surface area (TPSA) is 75.3 Å². The summed E-state index contributed by atoms with van der Waals surface area (Å²) >= 11 is 0. The molecule has 3 aromatic carbocycles. The normalized spacial score (nSPS) is 11.1. The molecule has 0 radical (unpaired) electrons. The van der Waals surface area contributed by atoms with Crippen LogP contribution in [-0.4, -0.2) is 14.3 Å². The van der Waals surface area contributed by atoms with E-state index in [0.717, 1.165) is 11.6 Å². The van der Waals surface area contributed by atoms with Gasteiger partial charge >= 0.3 is 0 Å². The van der Waals surface area contributed by atoms with Crippen LogP contribution in [0.2, 0.25) is 0 Å². The van der Waals surface area contributed by atoms with E-state index in [1.807, 2.05) is 19.1 Å². The van der Waals surface area contributed by atoms with Crippen molar-refractivity contribution in [3.8, 4) is 0 Å². The van der Waals surface area contributed by atoms with Gasteiger partial charge in [0.2, 0.25) is 0 Å². The lowest BCUT2D eigenvalue weighted by atomic mass is 10.1. The molecule has 0 unspecified atom stereocenters. The van der Waals surface area contributed by atoms with Gasteiger partial charge in [-0.05, 0) is 61.4 Å². The van der Waals surface area contributed by atoms with E-state index in [1.165, 1.54) is 31.2 Å². The number of benzene rings is 3. The van der Waals surface area contributed by atoms with Crippen molar-refractivity contribution in [2.75, 3.05) is 10.0 Å². The monoisotopic (exact) mass is 398 g/mol. The van der Waals surface area contributed by atoms with Crippen molar-refractivity contribution in [2.24, 2.45) is 0 Å². The van der Waals surface area contributed by atoms with Crippen LogP contribution in [0, 0.1) is 19.7 Å². The van der Waals surface area contributed by atoms with Crippen LogP contribution < -0.4 is 10.0 Å². The Morgan fingerprint density at radius 1 is 0.857 bits per heavy atom. The average Bonchev–Trinajstić information content (AvgIpc) is 2.66. The minimum atomic E-state index is -3.99. The first kappa shape index (κ1) is 19.6. The van der Waals surface area contributed by atoms with Crippen molar-refractivity contribution in [3.63, 3.8) is 0 Å². The summed E-state index contributed by atoms with van der Waals surface area (Å²) in [6.07, 6.45) is 0. The van der Waals surface area contributed by atoms with Gasteiger partial charge < -0.3 is 5.32 Å². The zero-order valence-corrected chi connectivity index (χ0v) is 16.2. The molecule has 0 atom stereocenters. The largest absolute Gasteiger partial charge is 0.322 e. The highest BCUT2D eigenvalue weighted by molar-refractivity contribution is 7.92. The molecule has 0 aliphatic rings. The molecule has 0 heterocycles. The lowest BCUT2D eigenvalue weighted by Gasteiger charge is -2.14. The number of hydrogen-bond donors (Lipinski definition) is 2. The molecular weight excluding hydrogens is 379 g/mol. The first-order valence-corrected chi connectivity index (χ1v) is 10.0. The number of carbonyl (C=O) groups is 1. The predicted molar refractivity (Wildman–Crippen MR) is 108 cm³/mol. The highest BCUT2D eigenvalue weighted by atomic mass is 32.2. The number of nitrogens with one attached hydrogen (secondary N) is 2. The van der Waals surface area contributed by atoms with Gasteiger partial charge in [-0.1, -0.05) is 30.3 Å². The van der Waals surface area contributed by atoms with Crippen LogP contribution in [-0.2, 0) is 10.0 Å². The molecule has 3 rings (SSSR count). The molecule has 5 nitrogen and oxygen atoms in total. The fraction of sp³-hybridized carbons (Fsp3) is 0.0952. The van der Waals surface area contributed by atoms with Crippen LogP contribution in [0.1, 0.15) is 21.5 Å². The van der Waals surface area contributed by atoms with Crippen LogP contribution in [0.4, 0.5) is 15.8 Å². The van der Waals surface area contributed by atoms with Gasteiger partial charge in [-0.15, -0.1) is 0 Å². The van der Waals surface area contributed by atoms with E-state index >= 15 is 0 Å². The number of amides is 1. The van der Waals surface area contributed by atoms with Gasteiger partial charge in [0.05, 0.1) is 16.1 Å². The molecule has 0 saturated heterocycles. The summed E-state index contributed by atoms with van der Waals surface area (Å²) in [5, 5.41) is 2.79. The minimum Gasteiger partial charge on any atom is -0.322 e. The summed E-state index contributed by atoms with van der Waals surface area (Å²) in [5.41, 5.74) is 2.05. The minimum absolute atomic E-state index is 0.0829. The zero-order chi connectivity index (χ0) is 20.3. The van der Waals surface area contributed by atoms with Gasteiger partial charge in [0.1, 0.15) is 5.82 Å². The predicted octanol–water partition coefficient (Wildman–Crippen LogP) is 4.50. The zero-order valence-electron chi connectivity index (χ0n) is 15.4. The van der Waals surface area contributed by atoms with Crippen molar-refractivity contribution in [1.82, 2.24) is 0 Å². The molecule has 1 amide bonds. The van der Waals surface area contributed by atoms with Crippen LogP contribution in [0.5, 0.6) is 0 Å². The second-order valence-corrected chi connectivity index (χ2v) is 8.01. The lowest BCUT2D eigenvalue weighted by Crippen LogP contribution is -2.19. The van der Waals surface area contributed by atoms with Gasteiger partial charge in [-0.25, -0.2) is 12.8 Å². The van der Waals surface area contributed by atoms with Gasteiger partial charge in [-0.3, -0.25) is 9.52 Å². The van der Waals surface area contributed by atoms with E-state index in [2.05, 4.69) is 10.0 Å². The van der Waals surface area contributed by atoms with Crippen molar-refractivity contribution in [3.05, 3.63) is 89.2 Å². The summed E-state index contributed by atoms with van der Waals surface area (Å²) in [4.78, 5) is 12.6. The fourth-order valence-electron chi connectivity index (χ4n) is 2.66. The van der Waals surface area contributed by atoms with Gasteiger partial charge in [-0.2, -0.15) is 0 Å². The summed E-state index contributed by atoms with van der Waals surface area (Å²) in [6, 6.07) is 17.1. The average molecular weight is 398 g/mol. The number of anilines is 2.